The number of aliphatic hydroxyl groups is 1. The summed E-state index contributed by atoms with van der Waals surface area (Å²) >= 11 is 0. The lowest BCUT2D eigenvalue weighted by atomic mass is 10.2. The van der Waals surface area contributed by atoms with Crippen LogP contribution >= 0.6 is 0 Å². The van der Waals surface area contributed by atoms with Crippen molar-refractivity contribution in [3.05, 3.63) is 12.2 Å². The molecule has 0 amide bonds. The maximum Gasteiger partial charge on any atom is 0.332 e. The van der Waals surface area contributed by atoms with E-state index < -0.39 is 30.1 Å². The molecular formula is C15H25NO7. The van der Waals surface area contributed by atoms with Gasteiger partial charge in [0.2, 0.25) is 0 Å². The molecule has 8 nitrogen and oxygen atoms in total. The second-order valence-corrected chi connectivity index (χ2v) is 6.26. The number of esters is 1. The van der Waals surface area contributed by atoms with E-state index in [9.17, 15) is 19.5 Å². The Morgan fingerprint density at radius 1 is 1.22 bits per heavy atom. The average Bonchev–Trinajstić information content (AvgIpc) is 2.34. The van der Waals surface area contributed by atoms with Gasteiger partial charge in [0.25, 0.3) is 0 Å². The van der Waals surface area contributed by atoms with Gasteiger partial charge >= 0.3 is 11.9 Å². The highest BCUT2D eigenvalue weighted by Crippen LogP contribution is 2.07. The molecule has 0 saturated heterocycles. The summed E-state index contributed by atoms with van der Waals surface area (Å²) in [7, 11) is 5.56. The molecule has 0 bridgehead atoms. The van der Waals surface area contributed by atoms with Crippen LogP contribution in [0.3, 0.4) is 0 Å². The minimum atomic E-state index is -1.46. The third kappa shape index (κ3) is 12.3. The van der Waals surface area contributed by atoms with Crippen molar-refractivity contribution in [3.63, 3.8) is 0 Å². The number of ether oxygens (including phenoxy) is 1. The largest absolute Gasteiger partial charge is 0.550 e. The van der Waals surface area contributed by atoms with Gasteiger partial charge < -0.3 is 29.3 Å². The Bertz CT molecular complexity index is 440. The molecule has 0 aromatic rings. The van der Waals surface area contributed by atoms with E-state index >= 15 is 0 Å². The second-order valence-electron chi connectivity index (χ2n) is 6.26. The van der Waals surface area contributed by atoms with Gasteiger partial charge in [-0.15, -0.1) is 0 Å². The first-order valence-electron chi connectivity index (χ1n) is 7.27. The molecule has 2 atom stereocenters. The van der Waals surface area contributed by atoms with E-state index in [1.165, 1.54) is 6.08 Å². The fraction of sp³-hybridized carbons (Fsp3) is 0.667. The zero-order chi connectivity index (χ0) is 18.0. The molecule has 0 heterocycles. The molecule has 2 N–H and O–H groups in total. The molecule has 0 aliphatic rings. The van der Waals surface area contributed by atoms with E-state index in [1.807, 2.05) is 21.1 Å². The van der Waals surface area contributed by atoms with Gasteiger partial charge in [-0.2, -0.15) is 0 Å². The number of hydrogen-bond acceptors (Lipinski definition) is 6. The molecule has 132 valence electrons. The van der Waals surface area contributed by atoms with Crippen molar-refractivity contribution in [2.24, 2.45) is 0 Å². The zero-order valence-corrected chi connectivity index (χ0v) is 13.7. The van der Waals surface area contributed by atoms with Crippen molar-refractivity contribution in [2.45, 2.75) is 37.9 Å². The van der Waals surface area contributed by atoms with Crippen molar-refractivity contribution in [1.29, 1.82) is 0 Å². The van der Waals surface area contributed by atoms with Gasteiger partial charge in [-0.25, -0.2) is 4.79 Å². The Labute approximate surface area is 135 Å². The summed E-state index contributed by atoms with van der Waals surface area (Å²) in [6.45, 7) is 0.348. The molecule has 0 aromatic heterocycles. The Morgan fingerprint density at radius 2 is 1.83 bits per heavy atom. The first-order valence-corrected chi connectivity index (χ1v) is 7.27. The van der Waals surface area contributed by atoms with Crippen molar-refractivity contribution in [3.8, 4) is 0 Å². The van der Waals surface area contributed by atoms with Gasteiger partial charge in [0, 0.05) is 25.2 Å². The van der Waals surface area contributed by atoms with Crippen LogP contribution in [0.5, 0.6) is 0 Å². The average molecular weight is 331 g/mol. The summed E-state index contributed by atoms with van der Waals surface area (Å²) in [4.78, 5) is 32.8. The summed E-state index contributed by atoms with van der Waals surface area (Å²) in [6, 6.07) is 0. The number of carboxylic acids is 2. The highest BCUT2D eigenvalue weighted by atomic mass is 16.5. The summed E-state index contributed by atoms with van der Waals surface area (Å²) in [5.41, 5.74) is 0. The normalized spacial score (nSPS) is 14.4. The molecule has 0 rings (SSSR count). The van der Waals surface area contributed by atoms with Crippen molar-refractivity contribution in [1.82, 2.24) is 0 Å². The molecule has 8 heteroatoms. The van der Waals surface area contributed by atoms with E-state index in [1.54, 1.807) is 6.08 Å². The van der Waals surface area contributed by atoms with E-state index in [4.69, 9.17) is 14.9 Å². The lowest BCUT2D eigenvalue weighted by Crippen LogP contribution is -2.45. The molecular weight excluding hydrogens is 306 g/mol. The molecule has 2 unspecified atom stereocenters. The molecule has 0 aliphatic carbocycles. The molecule has 0 aliphatic heterocycles. The number of allylic oxidation sites excluding steroid dienone is 1. The van der Waals surface area contributed by atoms with Gasteiger partial charge in [-0.3, -0.25) is 4.79 Å². The lowest BCUT2D eigenvalue weighted by molar-refractivity contribution is -0.873. The quantitative estimate of drug-likeness (QED) is 0.280. The second kappa shape index (κ2) is 9.96. The van der Waals surface area contributed by atoms with Crippen LogP contribution in [0, 0.1) is 0 Å². The highest BCUT2D eigenvalue weighted by molar-refractivity contribution is 5.72. The Morgan fingerprint density at radius 3 is 2.30 bits per heavy atom. The number of carbonyl (C=O) groups is 3. The summed E-state index contributed by atoms with van der Waals surface area (Å²) in [6.07, 6.45) is 0.771. The minimum absolute atomic E-state index is 0.0420. The van der Waals surface area contributed by atoms with Crippen LogP contribution in [-0.2, 0) is 19.1 Å². The predicted molar refractivity (Wildman–Crippen MR) is 79.0 cm³/mol. The van der Waals surface area contributed by atoms with Crippen LogP contribution in [0.1, 0.15) is 25.7 Å². The molecule has 0 fully saturated rings. The number of carbonyl (C=O) groups excluding carboxylic acids is 2. The van der Waals surface area contributed by atoms with E-state index in [-0.39, 0.29) is 19.3 Å². The number of aliphatic hydroxyl groups excluding tert-OH is 1. The first kappa shape index (κ1) is 21.1. The number of likely N-dealkylation sites (N-methyl/N-ethyl adjacent to an activating group) is 1. The first-order chi connectivity index (χ1) is 10.5. The van der Waals surface area contributed by atoms with E-state index in [0.29, 0.717) is 17.4 Å². The third-order valence-corrected chi connectivity index (χ3v) is 2.77. The van der Waals surface area contributed by atoms with Gasteiger partial charge in [0.1, 0.15) is 6.54 Å². The number of carboxylic acid groups (broad SMARTS) is 2. The molecule has 0 radical (unpaired) electrons. The topological polar surface area (TPSA) is 124 Å². The predicted octanol–water partition coefficient (Wildman–Crippen LogP) is -1.08. The SMILES string of the molecule is C[N+](C)(C)CC(CC(=O)[O-])OC(=O)CC/C=C/CC(O)C(=O)O. The maximum atomic E-state index is 11.7. The monoisotopic (exact) mass is 331 g/mol. The molecule has 0 saturated carbocycles. The third-order valence-electron chi connectivity index (χ3n) is 2.77. The Hall–Kier alpha value is -1.93. The van der Waals surface area contributed by atoms with Crippen LogP contribution in [0.4, 0.5) is 0 Å². The van der Waals surface area contributed by atoms with Crippen LogP contribution in [0.25, 0.3) is 0 Å². The number of hydrogen-bond donors (Lipinski definition) is 2. The van der Waals surface area contributed by atoms with Crippen LogP contribution in [0.2, 0.25) is 0 Å². The molecule has 23 heavy (non-hydrogen) atoms. The standard InChI is InChI=1S/C15H25NO7/c1-16(2,3)10-11(9-13(18)19)23-14(20)8-6-4-5-7-12(17)15(21)22/h4-5,11-12,17H,6-10H2,1-3H3,(H-,18,19,21,22)/b5-4+. The van der Waals surface area contributed by atoms with Gasteiger partial charge in [0.15, 0.2) is 12.2 Å². The molecule has 0 spiro atoms. The van der Waals surface area contributed by atoms with Crippen LogP contribution < -0.4 is 5.11 Å². The van der Waals surface area contributed by atoms with Gasteiger partial charge in [-0.1, -0.05) is 12.2 Å². The van der Waals surface area contributed by atoms with Crippen molar-refractivity contribution in [2.75, 3.05) is 27.7 Å². The Balaban J connectivity index is 4.24. The van der Waals surface area contributed by atoms with Gasteiger partial charge in [-0.05, 0) is 6.42 Å². The number of quaternary nitrogens is 1. The van der Waals surface area contributed by atoms with Crippen LogP contribution in [-0.4, -0.2) is 72.5 Å². The minimum Gasteiger partial charge on any atom is -0.550 e. The Kier molecular flexibility index (Phi) is 9.12. The zero-order valence-electron chi connectivity index (χ0n) is 13.7. The molecule has 0 aromatic carbocycles. The maximum absolute atomic E-state index is 11.7. The fourth-order valence-electron chi connectivity index (χ4n) is 1.83. The summed E-state index contributed by atoms with van der Waals surface area (Å²) in [5, 5.41) is 28.2. The number of aliphatic carboxylic acids is 2. The van der Waals surface area contributed by atoms with Gasteiger partial charge in [0.05, 0.1) is 21.1 Å². The van der Waals surface area contributed by atoms with Crippen LogP contribution in [0.15, 0.2) is 12.2 Å². The summed E-state index contributed by atoms with van der Waals surface area (Å²) < 4.78 is 5.59. The van der Waals surface area contributed by atoms with Crippen molar-refractivity contribution >= 4 is 17.9 Å². The van der Waals surface area contributed by atoms with Crippen molar-refractivity contribution < 1.29 is 38.9 Å². The van der Waals surface area contributed by atoms with E-state index in [0.717, 1.165) is 0 Å². The smallest absolute Gasteiger partial charge is 0.332 e. The fourth-order valence-corrected chi connectivity index (χ4v) is 1.83. The summed E-state index contributed by atoms with van der Waals surface area (Å²) in [5.74, 6) is -3.12. The number of rotatable bonds is 11. The highest BCUT2D eigenvalue weighted by Gasteiger charge is 2.22. The van der Waals surface area contributed by atoms with E-state index in [2.05, 4.69) is 0 Å². The number of nitrogens with zero attached hydrogens (tertiary/aromatic N) is 1. The lowest BCUT2D eigenvalue weighted by Gasteiger charge is -2.29.